The first-order chi connectivity index (χ1) is 15.6. The molecule has 1 N–H and O–H groups in total. The number of carbonyl (C=O) groups is 2. The summed E-state index contributed by atoms with van der Waals surface area (Å²) in [5.41, 5.74) is 4.91. The molecule has 1 atom stereocenters. The van der Waals surface area contributed by atoms with E-state index in [-0.39, 0.29) is 17.9 Å². The van der Waals surface area contributed by atoms with Gasteiger partial charge in [0.2, 0.25) is 0 Å². The third-order valence-corrected chi connectivity index (χ3v) is 6.38. The van der Waals surface area contributed by atoms with Crippen molar-refractivity contribution in [2.75, 3.05) is 0 Å². The molecule has 32 heavy (non-hydrogen) atoms. The molecular formula is C27H24N2O3. The molecule has 5 heteroatoms. The van der Waals surface area contributed by atoms with Crippen LogP contribution < -0.4 is 0 Å². The van der Waals surface area contributed by atoms with Crippen LogP contribution in [0.5, 0.6) is 0 Å². The predicted octanol–water partition coefficient (Wildman–Crippen LogP) is 4.58. The highest BCUT2D eigenvalue weighted by atomic mass is 16.3. The van der Waals surface area contributed by atoms with Gasteiger partial charge in [0.15, 0.2) is 0 Å². The number of Topliss-reactive ketones (excluding diaryl/α,β-unsaturated/α-hetero) is 1. The molecule has 0 saturated carbocycles. The Bertz CT molecular complexity index is 1200. The largest absolute Gasteiger partial charge is 0.507 e. The summed E-state index contributed by atoms with van der Waals surface area (Å²) in [7, 11) is 0. The number of hydrogen-bond acceptors (Lipinski definition) is 4. The van der Waals surface area contributed by atoms with E-state index in [0.717, 1.165) is 30.4 Å². The molecule has 2 aromatic carbocycles. The van der Waals surface area contributed by atoms with Gasteiger partial charge in [0.25, 0.3) is 11.7 Å². The average molecular weight is 425 g/mol. The number of aromatic nitrogens is 1. The van der Waals surface area contributed by atoms with Crippen LogP contribution in [-0.2, 0) is 29.0 Å². The van der Waals surface area contributed by atoms with Gasteiger partial charge in [-0.05, 0) is 66.1 Å². The molecule has 2 heterocycles. The lowest BCUT2D eigenvalue weighted by Gasteiger charge is -2.25. The lowest BCUT2D eigenvalue weighted by Crippen LogP contribution is -2.29. The van der Waals surface area contributed by atoms with Gasteiger partial charge in [-0.25, -0.2) is 0 Å². The summed E-state index contributed by atoms with van der Waals surface area (Å²) in [6.07, 6.45) is 7.63. The summed E-state index contributed by atoms with van der Waals surface area (Å²) in [4.78, 5) is 31.8. The van der Waals surface area contributed by atoms with Crippen molar-refractivity contribution in [2.24, 2.45) is 0 Å². The Hall–Kier alpha value is -3.73. The molecule has 1 aliphatic heterocycles. The Morgan fingerprint density at radius 3 is 2.41 bits per heavy atom. The number of amides is 1. The fourth-order valence-corrected chi connectivity index (χ4v) is 4.75. The molecule has 1 aliphatic carbocycles. The van der Waals surface area contributed by atoms with Crippen molar-refractivity contribution in [1.82, 2.24) is 9.88 Å². The zero-order valence-electron chi connectivity index (χ0n) is 17.7. The van der Waals surface area contributed by atoms with E-state index >= 15 is 0 Å². The normalized spacial score (nSPS) is 19.8. The highest BCUT2D eigenvalue weighted by molar-refractivity contribution is 6.46. The molecule has 1 fully saturated rings. The maximum atomic E-state index is 13.2. The van der Waals surface area contributed by atoms with Crippen molar-refractivity contribution in [3.63, 3.8) is 0 Å². The molecule has 1 aromatic heterocycles. The Labute approximate surface area is 187 Å². The number of benzene rings is 2. The van der Waals surface area contributed by atoms with Gasteiger partial charge in [-0.2, -0.15) is 0 Å². The van der Waals surface area contributed by atoms with Crippen LogP contribution in [0.2, 0.25) is 0 Å². The minimum absolute atomic E-state index is 0.109. The van der Waals surface area contributed by atoms with Gasteiger partial charge in [-0.1, -0.05) is 42.5 Å². The van der Waals surface area contributed by atoms with Gasteiger partial charge in [-0.3, -0.25) is 14.6 Å². The van der Waals surface area contributed by atoms with E-state index < -0.39 is 17.7 Å². The SMILES string of the molecule is O=C1C(=O)N(Cc2ccncc2)C(c2ccccc2)/C1=C(/O)c1ccc2c(c1)CCCC2. The summed E-state index contributed by atoms with van der Waals surface area (Å²) < 4.78 is 0. The van der Waals surface area contributed by atoms with Crippen LogP contribution in [-0.4, -0.2) is 26.7 Å². The summed E-state index contributed by atoms with van der Waals surface area (Å²) in [6, 6.07) is 18.3. The molecule has 0 spiro atoms. The number of fused-ring (bicyclic) bond motifs is 1. The molecule has 0 radical (unpaired) electrons. The standard InChI is InChI=1S/C27H24N2O3/c30-25(22-11-10-19-6-4-5-9-21(19)16-22)23-24(20-7-2-1-3-8-20)29(27(32)26(23)31)17-18-12-14-28-15-13-18/h1-3,7-8,10-16,24,30H,4-6,9,17H2/b25-23-. The average Bonchev–Trinajstić information content (AvgIpc) is 3.09. The second-order valence-electron chi connectivity index (χ2n) is 8.38. The molecule has 5 rings (SSSR count). The number of likely N-dealkylation sites (tertiary alicyclic amines) is 1. The highest BCUT2D eigenvalue weighted by Gasteiger charge is 2.46. The van der Waals surface area contributed by atoms with Crippen LogP contribution in [0.25, 0.3) is 5.76 Å². The summed E-state index contributed by atoms with van der Waals surface area (Å²) >= 11 is 0. The number of aryl methyl sites for hydroxylation is 2. The van der Waals surface area contributed by atoms with Gasteiger partial charge in [0.1, 0.15) is 5.76 Å². The predicted molar refractivity (Wildman–Crippen MR) is 122 cm³/mol. The van der Waals surface area contributed by atoms with Crippen LogP contribution in [0.15, 0.2) is 78.6 Å². The quantitative estimate of drug-likeness (QED) is 0.378. The van der Waals surface area contributed by atoms with Crippen molar-refractivity contribution in [2.45, 2.75) is 38.3 Å². The summed E-state index contributed by atoms with van der Waals surface area (Å²) in [5.74, 6) is -1.36. The maximum absolute atomic E-state index is 13.2. The zero-order valence-corrected chi connectivity index (χ0v) is 17.7. The Kier molecular flexibility index (Phi) is 5.31. The number of nitrogens with zero attached hydrogens (tertiary/aromatic N) is 2. The van der Waals surface area contributed by atoms with Gasteiger partial charge >= 0.3 is 0 Å². The number of aliphatic hydroxyl groups is 1. The molecule has 0 bridgehead atoms. The molecule has 1 unspecified atom stereocenters. The lowest BCUT2D eigenvalue weighted by molar-refractivity contribution is -0.140. The Morgan fingerprint density at radius 1 is 0.938 bits per heavy atom. The molecule has 2 aliphatic rings. The fourth-order valence-electron chi connectivity index (χ4n) is 4.75. The summed E-state index contributed by atoms with van der Waals surface area (Å²) in [6.45, 7) is 0.258. The van der Waals surface area contributed by atoms with E-state index in [1.165, 1.54) is 22.4 Å². The van der Waals surface area contributed by atoms with Crippen molar-refractivity contribution >= 4 is 17.4 Å². The molecule has 5 nitrogen and oxygen atoms in total. The van der Waals surface area contributed by atoms with E-state index in [4.69, 9.17) is 0 Å². The lowest BCUT2D eigenvalue weighted by atomic mass is 9.88. The molecule has 1 amide bonds. The van der Waals surface area contributed by atoms with Gasteiger partial charge in [0.05, 0.1) is 11.6 Å². The minimum atomic E-state index is -0.652. The number of aliphatic hydroxyl groups excluding tert-OH is 1. The van der Waals surface area contributed by atoms with Crippen molar-refractivity contribution in [3.8, 4) is 0 Å². The number of hydrogen-bond donors (Lipinski definition) is 1. The van der Waals surface area contributed by atoms with Gasteiger partial charge < -0.3 is 10.0 Å². The number of rotatable bonds is 4. The minimum Gasteiger partial charge on any atom is -0.507 e. The molecule has 160 valence electrons. The smallest absolute Gasteiger partial charge is 0.295 e. The Morgan fingerprint density at radius 2 is 1.66 bits per heavy atom. The Balaban J connectivity index is 1.62. The zero-order chi connectivity index (χ0) is 22.1. The van der Waals surface area contributed by atoms with E-state index in [1.807, 2.05) is 60.7 Å². The van der Waals surface area contributed by atoms with E-state index in [2.05, 4.69) is 4.98 Å². The monoisotopic (exact) mass is 424 g/mol. The summed E-state index contributed by atoms with van der Waals surface area (Å²) in [5, 5.41) is 11.3. The van der Waals surface area contributed by atoms with E-state index in [9.17, 15) is 14.7 Å². The first-order valence-electron chi connectivity index (χ1n) is 11.0. The molecule has 1 saturated heterocycles. The maximum Gasteiger partial charge on any atom is 0.295 e. The topological polar surface area (TPSA) is 70.5 Å². The number of pyridine rings is 1. The van der Waals surface area contributed by atoms with Gasteiger partial charge in [-0.15, -0.1) is 0 Å². The van der Waals surface area contributed by atoms with E-state index in [1.54, 1.807) is 12.4 Å². The van der Waals surface area contributed by atoms with E-state index in [0.29, 0.717) is 5.56 Å². The number of ketones is 1. The van der Waals surface area contributed by atoms with Crippen molar-refractivity contribution in [3.05, 3.63) is 106 Å². The van der Waals surface area contributed by atoms with Crippen molar-refractivity contribution in [1.29, 1.82) is 0 Å². The highest BCUT2D eigenvalue weighted by Crippen LogP contribution is 2.40. The first kappa shape index (κ1) is 20.2. The van der Waals surface area contributed by atoms with Crippen LogP contribution >= 0.6 is 0 Å². The fraction of sp³-hybridized carbons (Fsp3) is 0.222. The second-order valence-corrected chi connectivity index (χ2v) is 8.38. The molecule has 3 aromatic rings. The number of carbonyl (C=O) groups excluding carboxylic acids is 2. The second kappa shape index (κ2) is 8.42. The molecular weight excluding hydrogens is 400 g/mol. The third-order valence-electron chi connectivity index (χ3n) is 6.38. The van der Waals surface area contributed by atoms with Crippen LogP contribution in [0.4, 0.5) is 0 Å². The van der Waals surface area contributed by atoms with Crippen LogP contribution in [0, 0.1) is 0 Å². The van der Waals surface area contributed by atoms with Gasteiger partial charge in [0, 0.05) is 24.5 Å². The van der Waals surface area contributed by atoms with Crippen molar-refractivity contribution < 1.29 is 14.7 Å². The van der Waals surface area contributed by atoms with Crippen LogP contribution in [0.1, 0.15) is 46.7 Å². The third kappa shape index (κ3) is 3.60. The first-order valence-corrected chi connectivity index (χ1v) is 11.0. The van der Waals surface area contributed by atoms with Crippen LogP contribution in [0.3, 0.4) is 0 Å².